The number of aryl methyl sites for hydroxylation is 1. The number of hydrogen-bond acceptors (Lipinski definition) is 5. The highest BCUT2D eigenvalue weighted by Crippen LogP contribution is 2.29. The second-order valence-corrected chi connectivity index (χ2v) is 5.44. The van der Waals surface area contributed by atoms with Gasteiger partial charge in [-0.05, 0) is 43.6 Å². The SMILES string of the molecule is COc1ccc(OC)c([C@@H](C)NC(=O)Cc2c(C)noc2Cl)c1. The van der Waals surface area contributed by atoms with Gasteiger partial charge in [-0.3, -0.25) is 4.79 Å². The molecule has 0 aliphatic heterocycles. The van der Waals surface area contributed by atoms with Crippen molar-refractivity contribution < 1.29 is 18.8 Å². The van der Waals surface area contributed by atoms with Crippen LogP contribution in [0, 0.1) is 6.92 Å². The zero-order valence-electron chi connectivity index (χ0n) is 13.5. The summed E-state index contributed by atoms with van der Waals surface area (Å²) in [5, 5.41) is 6.79. The van der Waals surface area contributed by atoms with Crippen LogP contribution in [0.5, 0.6) is 11.5 Å². The van der Waals surface area contributed by atoms with Crippen molar-refractivity contribution >= 4 is 17.5 Å². The molecule has 7 heteroatoms. The Labute approximate surface area is 139 Å². The van der Waals surface area contributed by atoms with Crippen molar-refractivity contribution in [3.8, 4) is 11.5 Å². The van der Waals surface area contributed by atoms with Crippen LogP contribution in [0.3, 0.4) is 0 Å². The summed E-state index contributed by atoms with van der Waals surface area (Å²) in [5.74, 6) is 1.19. The number of amides is 1. The van der Waals surface area contributed by atoms with Crippen LogP contribution in [0.2, 0.25) is 5.22 Å². The number of carbonyl (C=O) groups is 1. The van der Waals surface area contributed by atoms with Gasteiger partial charge in [0.25, 0.3) is 0 Å². The van der Waals surface area contributed by atoms with Crippen LogP contribution in [0.1, 0.15) is 29.8 Å². The Morgan fingerprint density at radius 2 is 2.13 bits per heavy atom. The Bertz CT molecular complexity index is 680. The molecule has 1 aromatic carbocycles. The average Bonchev–Trinajstić information content (AvgIpc) is 2.85. The summed E-state index contributed by atoms with van der Waals surface area (Å²) in [6.07, 6.45) is 0.102. The van der Waals surface area contributed by atoms with Gasteiger partial charge in [0.05, 0.1) is 32.4 Å². The van der Waals surface area contributed by atoms with Crippen molar-refractivity contribution in [3.05, 3.63) is 40.2 Å². The van der Waals surface area contributed by atoms with Gasteiger partial charge in [-0.15, -0.1) is 0 Å². The third-order valence-electron chi connectivity index (χ3n) is 3.55. The Kier molecular flexibility index (Phi) is 5.50. The summed E-state index contributed by atoms with van der Waals surface area (Å²) >= 11 is 5.88. The van der Waals surface area contributed by atoms with Crippen LogP contribution >= 0.6 is 11.6 Å². The van der Waals surface area contributed by atoms with E-state index in [1.165, 1.54) is 0 Å². The number of aromatic nitrogens is 1. The van der Waals surface area contributed by atoms with E-state index in [0.717, 1.165) is 5.56 Å². The Hall–Kier alpha value is -2.21. The molecule has 6 nitrogen and oxygen atoms in total. The molecule has 1 heterocycles. The average molecular weight is 339 g/mol. The van der Waals surface area contributed by atoms with Crippen LogP contribution < -0.4 is 14.8 Å². The first-order valence-corrected chi connectivity index (χ1v) is 7.46. The molecule has 124 valence electrons. The van der Waals surface area contributed by atoms with Crippen molar-refractivity contribution in [1.29, 1.82) is 0 Å². The summed E-state index contributed by atoms with van der Waals surface area (Å²) in [5.41, 5.74) is 2.03. The predicted molar refractivity (Wildman–Crippen MR) is 86.1 cm³/mol. The lowest BCUT2D eigenvalue weighted by atomic mass is 10.1. The van der Waals surface area contributed by atoms with Crippen LogP contribution in [0.4, 0.5) is 0 Å². The van der Waals surface area contributed by atoms with Gasteiger partial charge in [-0.1, -0.05) is 5.16 Å². The lowest BCUT2D eigenvalue weighted by molar-refractivity contribution is -0.121. The minimum Gasteiger partial charge on any atom is -0.497 e. The van der Waals surface area contributed by atoms with Crippen LogP contribution in [0.25, 0.3) is 0 Å². The number of halogens is 1. The van der Waals surface area contributed by atoms with E-state index in [1.54, 1.807) is 33.3 Å². The molecule has 23 heavy (non-hydrogen) atoms. The normalized spacial score (nSPS) is 11.9. The first-order valence-electron chi connectivity index (χ1n) is 7.08. The molecule has 0 bridgehead atoms. The molecule has 0 aliphatic carbocycles. The largest absolute Gasteiger partial charge is 0.497 e. The fraction of sp³-hybridized carbons (Fsp3) is 0.375. The van der Waals surface area contributed by atoms with Crippen molar-refractivity contribution in [2.75, 3.05) is 14.2 Å². The van der Waals surface area contributed by atoms with Crippen molar-refractivity contribution in [3.63, 3.8) is 0 Å². The van der Waals surface area contributed by atoms with E-state index in [9.17, 15) is 4.79 Å². The highest BCUT2D eigenvalue weighted by atomic mass is 35.5. The summed E-state index contributed by atoms with van der Waals surface area (Å²) in [7, 11) is 3.17. The summed E-state index contributed by atoms with van der Waals surface area (Å²) < 4.78 is 15.4. The Balaban J connectivity index is 2.12. The standard InChI is InChI=1S/C16H19ClN2O4/c1-9(12-7-11(21-3)5-6-14(12)22-4)18-15(20)8-13-10(2)19-23-16(13)17/h5-7,9H,8H2,1-4H3,(H,18,20)/t9-/m1/s1. The second kappa shape index (κ2) is 7.37. The topological polar surface area (TPSA) is 73.6 Å². The molecule has 2 rings (SSSR count). The van der Waals surface area contributed by atoms with Crippen molar-refractivity contribution in [1.82, 2.24) is 10.5 Å². The molecule has 1 N–H and O–H groups in total. The molecular weight excluding hydrogens is 320 g/mol. The fourth-order valence-corrected chi connectivity index (χ4v) is 2.51. The van der Waals surface area contributed by atoms with Crippen LogP contribution in [0.15, 0.2) is 22.7 Å². The van der Waals surface area contributed by atoms with E-state index in [-0.39, 0.29) is 23.6 Å². The Morgan fingerprint density at radius 3 is 2.70 bits per heavy atom. The first-order chi connectivity index (χ1) is 11.0. The fourth-order valence-electron chi connectivity index (χ4n) is 2.27. The lowest BCUT2D eigenvalue weighted by Crippen LogP contribution is -2.28. The van der Waals surface area contributed by atoms with Crippen LogP contribution in [-0.4, -0.2) is 25.3 Å². The molecule has 0 saturated heterocycles. The third kappa shape index (κ3) is 3.96. The molecule has 0 unspecified atom stereocenters. The Morgan fingerprint density at radius 1 is 1.39 bits per heavy atom. The quantitative estimate of drug-likeness (QED) is 0.876. The highest BCUT2D eigenvalue weighted by Gasteiger charge is 2.19. The summed E-state index contributed by atoms with van der Waals surface area (Å²) in [4.78, 5) is 12.2. The molecule has 1 atom stereocenters. The van der Waals surface area contributed by atoms with E-state index in [1.807, 2.05) is 13.0 Å². The number of ether oxygens (including phenoxy) is 2. The number of carbonyl (C=O) groups excluding carboxylic acids is 1. The summed E-state index contributed by atoms with van der Waals surface area (Å²) in [6.45, 7) is 3.61. The lowest BCUT2D eigenvalue weighted by Gasteiger charge is -2.18. The maximum Gasteiger partial charge on any atom is 0.229 e. The van der Waals surface area contributed by atoms with Gasteiger partial charge in [0.15, 0.2) is 0 Å². The number of nitrogens with one attached hydrogen (secondary N) is 1. The van der Waals surface area contributed by atoms with E-state index in [0.29, 0.717) is 22.8 Å². The molecule has 0 radical (unpaired) electrons. The van der Waals surface area contributed by atoms with Crippen LogP contribution in [-0.2, 0) is 11.2 Å². The molecule has 0 spiro atoms. The molecule has 1 amide bonds. The number of nitrogens with zero attached hydrogens (tertiary/aromatic N) is 1. The highest BCUT2D eigenvalue weighted by molar-refractivity contribution is 6.29. The monoisotopic (exact) mass is 338 g/mol. The number of rotatable bonds is 6. The molecule has 0 saturated carbocycles. The van der Waals surface area contributed by atoms with Gasteiger partial charge >= 0.3 is 0 Å². The second-order valence-electron chi connectivity index (χ2n) is 5.09. The van der Waals surface area contributed by atoms with Gasteiger partial charge in [-0.2, -0.15) is 0 Å². The van der Waals surface area contributed by atoms with Gasteiger partial charge in [0.1, 0.15) is 11.5 Å². The van der Waals surface area contributed by atoms with E-state index in [2.05, 4.69) is 10.5 Å². The van der Waals surface area contributed by atoms with Gasteiger partial charge < -0.3 is 19.3 Å². The number of benzene rings is 1. The van der Waals surface area contributed by atoms with E-state index >= 15 is 0 Å². The third-order valence-corrected chi connectivity index (χ3v) is 3.85. The van der Waals surface area contributed by atoms with E-state index < -0.39 is 0 Å². The predicted octanol–water partition coefficient (Wildman–Crippen LogP) is 3.07. The number of hydrogen-bond donors (Lipinski definition) is 1. The zero-order chi connectivity index (χ0) is 17.0. The smallest absolute Gasteiger partial charge is 0.229 e. The maximum atomic E-state index is 12.2. The van der Waals surface area contributed by atoms with Gasteiger partial charge in [0, 0.05) is 11.1 Å². The van der Waals surface area contributed by atoms with Gasteiger partial charge in [0.2, 0.25) is 11.1 Å². The first kappa shape index (κ1) is 17.1. The zero-order valence-corrected chi connectivity index (χ0v) is 14.2. The molecule has 0 aliphatic rings. The molecular formula is C16H19ClN2O4. The number of methoxy groups -OCH3 is 2. The minimum atomic E-state index is -0.258. The van der Waals surface area contributed by atoms with E-state index in [4.69, 9.17) is 25.6 Å². The molecule has 2 aromatic rings. The van der Waals surface area contributed by atoms with Crippen molar-refractivity contribution in [2.24, 2.45) is 0 Å². The molecule has 0 fully saturated rings. The van der Waals surface area contributed by atoms with Crippen molar-refractivity contribution in [2.45, 2.75) is 26.3 Å². The summed E-state index contributed by atoms with van der Waals surface area (Å²) in [6, 6.07) is 5.18. The van der Waals surface area contributed by atoms with Gasteiger partial charge in [-0.25, -0.2) is 0 Å². The molecule has 1 aromatic heterocycles. The maximum absolute atomic E-state index is 12.2. The minimum absolute atomic E-state index is 0.102.